The molecular weight excluding hydrogens is 268 g/mol. The molecular formula is C11H16N4O3S. The molecule has 8 heteroatoms. The van der Waals surface area contributed by atoms with E-state index in [1.54, 1.807) is 4.90 Å². The minimum atomic E-state index is -1.06. The maximum atomic E-state index is 11.9. The number of rotatable bonds is 4. The topological polar surface area (TPSA) is 109 Å². The molecule has 1 unspecified atom stereocenters. The number of likely N-dealkylation sites (tertiary alicyclic amines) is 1. The van der Waals surface area contributed by atoms with Crippen LogP contribution in [0.5, 0.6) is 0 Å². The summed E-state index contributed by atoms with van der Waals surface area (Å²) in [5.74, 6) is -0.677. The number of carboxylic acid groups (broad SMARTS) is 1. The number of carbonyl (C=O) groups is 2. The Morgan fingerprint density at radius 2 is 2.42 bits per heavy atom. The van der Waals surface area contributed by atoms with Crippen LogP contribution in [0.25, 0.3) is 0 Å². The highest BCUT2D eigenvalue weighted by Crippen LogP contribution is 2.15. The predicted molar refractivity (Wildman–Crippen MR) is 70.0 cm³/mol. The zero-order chi connectivity index (χ0) is 13.8. The lowest BCUT2D eigenvalue weighted by Gasteiger charge is -2.16. The van der Waals surface area contributed by atoms with Crippen molar-refractivity contribution in [2.24, 2.45) is 11.7 Å². The summed E-state index contributed by atoms with van der Waals surface area (Å²) in [6.45, 7) is 2.24. The van der Waals surface area contributed by atoms with Gasteiger partial charge in [-0.15, -0.1) is 11.3 Å². The fourth-order valence-electron chi connectivity index (χ4n) is 1.96. The van der Waals surface area contributed by atoms with E-state index in [-0.39, 0.29) is 18.3 Å². The molecule has 2 heterocycles. The standard InChI is InChI=1S/C11H16N4O3S/c12-3-7-1-2-15(5-7)11(18)13-4-9-14-8(6-19-9)10(16)17/h6-7H,1-5,12H2,(H,13,18)(H,16,17). The van der Waals surface area contributed by atoms with Crippen molar-refractivity contribution >= 4 is 23.3 Å². The number of nitrogens with two attached hydrogens (primary N) is 1. The first-order valence-electron chi connectivity index (χ1n) is 6.00. The Kier molecular flexibility index (Phi) is 4.33. The molecule has 0 bridgehead atoms. The van der Waals surface area contributed by atoms with Crippen molar-refractivity contribution in [2.45, 2.75) is 13.0 Å². The van der Waals surface area contributed by atoms with E-state index in [4.69, 9.17) is 10.8 Å². The van der Waals surface area contributed by atoms with E-state index in [0.717, 1.165) is 6.42 Å². The lowest BCUT2D eigenvalue weighted by molar-refractivity contribution is 0.0691. The maximum Gasteiger partial charge on any atom is 0.355 e. The number of aromatic nitrogens is 1. The van der Waals surface area contributed by atoms with Crippen LogP contribution in [0.1, 0.15) is 21.9 Å². The third-order valence-electron chi connectivity index (χ3n) is 3.07. The number of thiazole rings is 1. The molecule has 1 aliphatic heterocycles. The van der Waals surface area contributed by atoms with Gasteiger partial charge in [0.05, 0.1) is 6.54 Å². The van der Waals surface area contributed by atoms with Gasteiger partial charge < -0.3 is 21.1 Å². The molecule has 104 valence electrons. The summed E-state index contributed by atoms with van der Waals surface area (Å²) in [5, 5.41) is 13.5. The van der Waals surface area contributed by atoms with Gasteiger partial charge in [0.2, 0.25) is 0 Å². The first-order valence-corrected chi connectivity index (χ1v) is 6.88. The molecule has 2 amide bonds. The quantitative estimate of drug-likeness (QED) is 0.738. The van der Waals surface area contributed by atoms with Crippen LogP contribution in [0.4, 0.5) is 4.79 Å². The van der Waals surface area contributed by atoms with Crippen molar-refractivity contribution in [1.82, 2.24) is 15.2 Å². The maximum absolute atomic E-state index is 11.9. The number of nitrogens with zero attached hydrogens (tertiary/aromatic N) is 2. The van der Waals surface area contributed by atoms with E-state index in [1.165, 1.54) is 16.7 Å². The monoisotopic (exact) mass is 284 g/mol. The Morgan fingerprint density at radius 1 is 1.63 bits per heavy atom. The third-order valence-corrected chi connectivity index (χ3v) is 3.92. The van der Waals surface area contributed by atoms with Gasteiger partial charge >= 0.3 is 12.0 Å². The highest BCUT2D eigenvalue weighted by atomic mass is 32.1. The highest BCUT2D eigenvalue weighted by Gasteiger charge is 2.25. The lowest BCUT2D eigenvalue weighted by atomic mass is 10.1. The molecule has 4 N–H and O–H groups in total. The molecule has 7 nitrogen and oxygen atoms in total. The number of carboxylic acids is 1. The normalized spacial score (nSPS) is 18.6. The van der Waals surface area contributed by atoms with Crippen LogP contribution in [0.2, 0.25) is 0 Å². The van der Waals surface area contributed by atoms with Gasteiger partial charge in [-0.1, -0.05) is 0 Å². The minimum absolute atomic E-state index is 0.0126. The number of nitrogens with one attached hydrogen (secondary N) is 1. The molecule has 1 aromatic heterocycles. The number of hydrogen-bond donors (Lipinski definition) is 3. The Morgan fingerprint density at radius 3 is 3.00 bits per heavy atom. The molecule has 0 spiro atoms. The molecule has 2 rings (SSSR count). The zero-order valence-electron chi connectivity index (χ0n) is 10.3. The molecule has 1 aromatic rings. The fraction of sp³-hybridized carbons (Fsp3) is 0.545. The van der Waals surface area contributed by atoms with Crippen LogP contribution in [0.15, 0.2) is 5.38 Å². The molecule has 19 heavy (non-hydrogen) atoms. The average Bonchev–Trinajstić information content (AvgIpc) is 3.04. The van der Waals surface area contributed by atoms with Gasteiger partial charge in [0.25, 0.3) is 0 Å². The van der Waals surface area contributed by atoms with Crippen LogP contribution in [0.3, 0.4) is 0 Å². The number of hydrogen-bond acceptors (Lipinski definition) is 5. The Hall–Kier alpha value is -1.67. The first-order chi connectivity index (χ1) is 9.10. The van der Waals surface area contributed by atoms with E-state index in [1.807, 2.05) is 0 Å². The van der Waals surface area contributed by atoms with Crippen molar-refractivity contribution in [1.29, 1.82) is 0 Å². The van der Waals surface area contributed by atoms with Gasteiger partial charge in [-0.05, 0) is 18.9 Å². The van der Waals surface area contributed by atoms with Gasteiger partial charge in [0.1, 0.15) is 5.01 Å². The fourth-order valence-corrected chi connectivity index (χ4v) is 2.67. The summed E-state index contributed by atoms with van der Waals surface area (Å²) in [6, 6.07) is -0.150. The van der Waals surface area contributed by atoms with Crippen LogP contribution in [0, 0.1) is 5.92 Å². The summed E-state index contributed by atoms with van der Waals surface area (Å²) in [5.41, 5.74) is 5.58. The van der Waals surface area contributed by atoms with Crippen molar-refractivity contribution in [2.75, 3.05) is 19.6 Å². The van der Waals surface area contributed by atoms with Gasteiger partial charge in [-0.25, -0.2) is 14.6 Å². The average molecular weight is 284 g/mol. The predicted octanol–water partition coefficient (Wildman–Crippen LogP) is 0.331. The summed E-state index contributed by atoms with van der Waals surface area (Å²) >= 11 is 1.22. The summed E-state index contributed by atoms with van der Waals surface area (Å²) < 4.78 is 0. The Labute approximate surface area is 114 Å². The molecule has 0 aliphatic carbocycles. The van der Waals surface area contributed by atoms with Gasteiger partial charge in [-0.2, -0.15) is 0 Å². The van der Waals surface area contributed by atoms with Gasteiger partial charge in [0.15, 0.2) is 5.69 Å². The number of carbonyl (C=O) groups excluding carboxylic acids is 1. The van der Waals surface area contributed by atoms with Gasteiger partial charge in [-0.3, -0.25) is 0 Å². The SMILES string of the molecule is NCC1CCN(C(=O)NCc2nc(C(=O)O)cs2)C1. The van der Waals surface area contributed by atoms with Crippen molar-refractivity contribution in [3.63, 3.8) is 0 Å². The van der Waals surface area contributed by atoms with E-state index in [0.29, 0.717) is 30.6 Å². The molecule has 1 saturated heterocycles. The Balaban J connectivity index is 1.81. The summed E-state index contributed by atoms with van der Waals surface area (Å²) in [7, 11) is 0. The van der Waals surface area contributed by atoms with Crippen LogP contribution < -0.4 is 11.1 Å². The van der Waals surface area contributed by atoms with E-state index < -0.39 is 5.97 Å². The second-order valence-corrected chi connectivity index (χ2v) is 5.37. The highest BCUT2D eigenvalue weighted by molar-refractivity contribution is 7.09. The van der Waals surface area contributed by atoms with Crippen LogP contribution >= 0.6 is 11.3 Å². The van der Waals surface area contributed by atoms with E-state index >= 15 is 0 Å². The van der Waals surface area contributed by atoms with E-state index in [2.05, 4.69) is 10.3 Å². The number of urea groups is 1. The molecule has 1 atom stereocenters. The Bertz CT molecular complexity index is 476. The second-order valence-electron chi connectivity index (χ2n) is 4.43. The third kappa shape index (κ3) is 3.42. The molecule has 0 aromatic carbocycles. The minimum Gasteiger partial charge on any atom is -0.476 e. The lowest BCUT2D eigenvalue weighted by Crippen LogP contribution is -2.38. The molecule has 1 aliphatic rings. The van der Waals surface area contributed by atoms with E-state index in [9.17, 15) is 9.59 Å². The van der Waals surface area contributed by atoms with Gasteiger partial charge in [0, 0.05) is 18.5 Å². The van der Waals surface area contributed by atoms with Crippen LogP contribution in [-0.4, -0.2) is 46.6 Å². The second kappa shape index (κ2) is 5.98. The number of amides is 2. The molecule has 1 fully saturated rings. The van der Waals surface area contributed by atoms with Crippen LogP contribution in [-0.2, 0) is 6.54 Å². The molecule has 0 saturated carbocycles. The van der Waals surface area contributed by atoms with Crippen molar-refractivity contribution < 1.29 is 14.7 Å². The smallest absolute Gasteiger partial charge is 0.355 e. The zero-order valence-corrected chi connectivity index (χ0v) is 11.2. The molecule has 0 radical (unpaired) electrons. The number of aromatic carboxylic acids is 1. The summed E-state index contributed by atoms with van der Waals surface area (Å²) in [6.07, 6.45) is 0.935. The van der Waals surface area contributed by atoms with Crippen molar-refractivity contribution in [3.05, 3.63) is 16.1 Å². The largest absolute Gasteiger partial charge is 0.476 e. The van der Waals surface area contributed by atoms with Crippen molar-refractivity contribution in [3.8, 4) is 0 Å². The summed E-state index contributed by atoms with van der Waals surface area (Å²) in [4.78, 5) is 28.2. The first kappa shape index (κ1) is 13.8.